The predicted octanol–water partition coefficient (Wildman–Crippen LogP) is 3.05. The van der Waals surface area contributed by atoms with Crippen molar-refractivity contribution in [2.45, 2.75) is 71.4 Å². The van der Waals surface area contributed by atoms with Crippen LogP contribution in [0.25, 0.3) is 0 Å². The van der Waals surface area contributed by atoms with E-state index in [1.54, 1.807) is 0 Å². The van der Waals surface area contributed by atoms with Gasteiger partial charge in [0, 0.05) is 37.8 Å². The van der Waals surface area contributed by atoms with Gasteiger partial charge in [0.25, 0.3) is 0 Å². The van der Waals surface area contributed by atoms with Crippen LogP contribution in [0.15, 0.2) is 0 Å². The third kappa shape index (κ3) is 3.75. The van der Waals surface area contributed by atoms with Crippen LogP contribution in [0, 0.1) is 5.41 Å². The largest absolute Gasteiger partial charge is 0.380 e. The van der Waals surface area contributed by atoms with Crippen molar-refractivity contribution in [1.29, 1.82) is 0 Å². The van der Waals surface area contributed by atoms with Crippen LogP contribution >= 0.6 is 0 Å². The molecule has 1 aliphatic heterocycles. The van der Waals surface area contributed by atoms with Gasteiger partial charge in [-0.25, -0.2) is 0 Å². The summed E-state index contributed by atoms with van der Waals surface area (Å²) < 4.78 is 5.63. The zero-order valence-electron chi connectivity index (χ0n) is 14.0. The van der Waals surface area contributed by atoms with Gasteiger partial charge < -0.3 is 10.1 Å². The van der Waals surface area contributed by atoms with Gasteiger partial charge in [0.2, 0.25) is 0 Å². The molecule has 0 amide bonds. The van der Waals surface area contributed by atoms with Crippen LogP contribution in [0.1, 0.15) is 59.8 Å². The molecular formula is C17H34N2O. The lowest BCUT2D eigenvalue weighted by molar-refractivity contribution is -0.0260. The van der Waals surface area contributed by atoms with Crippen molar-refractivity contribution in [2.75, 3.05) is 32.8 Å². The highest BCUT2D eigenvalue weighted by atomic mass is 16.5. The van der Waals surface area contributed by atoms with E-state index in [1.165, 1.54) is 45.2 Å². The van der Waals surface area contributed by atoms with Crippen LogP contribution in [-0.4, -0.2) is 49.3 Å². The number of ether oxygens (including phenoxy) is 1. The summed E-state index contributed by atoms with van der Waals surface area (Å²) in [7, 11) is 0. The summed E-state index contributed by atoms with van der Waals surface area (Å²) in [5.74, 6) is 0. The van der Waals surface area contributed by atoms with E-state index < -0.39 is 0 Å². The van der Waals surface area contributed by atoms with E-state index in [-0.39, 0.29) is 0 Å². The highest BCUT2D eigenvalue weighted by molar-refractivity contribution is 5.02. The van der Waals surface area contributed by atoms with Crippen LogP contribution in [0.2, 0.25) is 0 Å². The molecular weight excluding hydrogens is 248 g/mol. The van der Waals surface area contributed by atoms with Gasteiger partial charge in [0.05, 0.1) is 6.61 Å². The van der Waals surface area contributed by atoms with E-state index in [9.17, 15) is 0 Å². The Morgan fingerprint density at radius 1 is 1.20 bits per heavy atom. The van der Waals surface area contributed by atoms with Gasteiger partial charge in [0.1, 0.15) is 0 Å². The van der Waals surface area contributed by atoms with E-state index in [0.29, 0.717) is 17.0 Å². The minimum atomic E-state index is 0.333. The standard InChI is InChI=1S/C17H34N2O/c1-5-20-12-11-19-13-15(16(2,3)4)18-14-17(19)9-7-6-8-10-17/h15,18H,5-14H2,1-4H3. The molecule has 1 unspecified atom stereocenters. The van der Waals surface area contributed by atoms with Crippen molar-refractivity contribution >= 4 is 0 Å². The number of nitrogens with one attached hydrogen (secondary N) is 1. The monoisotopic (exact) mass is 282 g/mol. The van der Waals surface area contributed by atoms with Gasteiger partial charge in [-0.15, -0.1) is 0 Å². The van der Waals surface area contributed by atoms with Gasteiger partial charge in [-0.05, 0) is 25.2 Å². The van der Waals surface area contributed by atoms with Crippen LogP contribution < -0.4 is 5.32 Å². The molecule has 0 aromatic carbocycles. The summed E-state index contributed by atoms with van der Waals surface area (Å²) in [6.45, 7) is 14.3. The van der Waals surface area contributed by atoms with E-state index in [4.69, 9.17) is 4.74 Å². The summed E-state index contributed by atoms with van der Waals surface area (Å²) >= 11 is 0. The molecule has 1 aliphatic carbocycles. The first-order valence-electron chi connectivity index (χ1n) is 8.54. The zero-order chi connectivity index (χ0) is 14.6. The van der Waals surface area contributed by atoms with Gasteiger partial charge in [0.15, 0.2) is 0 Å². The topological polar surface area (TPSA) is 24.5 Å². The zero-order valence-corrected chi connectivity index (χ0v) is 14.0. The van der Waals surface area contributed by atoms with Crippen molar-refractivity contribution in [2.24, 2.45) is 5.41 Å². The molecule has 1 heterocycles. The van der Waals surface area contributed by atoms with Crippen LogP contribution in [0.5, 0.6) is 0 Å². The molecule has 118 valence electrons. The third-order valence-electron chi connectivity index (χ3n) is 5.29. The Morgan fingerprint density at radius 2 is 1.90 bits per heavy atom. The molecule has 20 heavy (non-hydrogen) atoms. The Morgan fingerprint density at radius 3 is 2.50 bits per heavy atom. The van der Waals surface area contributed by atoms with E-state index in [0.717, 1.165) is 19.8 Å². The molecule has 1 spiro atoms. The number of rotatable bonds is 4. The maximum Gasteiger partial charge on any atom is 0.0593 e. The fourth-order valence-corrected chi connectivity index (χ4v) is 3.83. The second-order valence-corrected chi connectivity index (χ2v) is 7.73. The maximum atomic E-state index is 5.63. The highest BCUT2D eigenvalue weighted by Gasteiger charge is 2.44. The molecule has 2 rings (SSSR count). The average molecular weight is 282 g/mol. The first kappa shape index (κ1) is 16.3. The molecule has 3 heteroatoms. The van der Waals surface area contributed by atoms with Gasteiger partial charge in [-0.1, -0.05) is 40.0 Å². The van der Waals surface area contributed by atoms with E-state index in [2.05, 4.69) is 37.9 Å². The average Bonchev–Trinajstić information content (AvgIpc) is 2.41. The first-order chi connectivity index (χ1) is 9.48. The Labute approximate surface area is 125 Å². The lowest BCUT2D eigenvalue weighted by atomic mass is 9.75. The normalized spacial score (nSPS) is 27.9. The smallest absolute Gasteiger partial charge is 0.0593 e. The number of piperazine rings is 1. The molecule has 2 aliphatic rings. The maximum absolute atomic E-state index is 5.63. The van der Waals surface area contributed by atoms with Gasteiger partial charge >= 0.3 is 0 Å². The second kappa shape index (κ2) is 6.76. The molecule has 1 atom stereocenters. The summed E-state index contributed by atoms with van der Waals surface area (Å²) in [6.07, 6.45) is 6.94. The molecule has 1 saturated carbocycles. The summed E-state index contributed by atoms with van der Waals surface area (Å²) in [4.78, 5) is 2.76. The summed E-state index contributed by atoms with van der Waals surface area (Å²) in [6, 6.07) is 0.594. The van der Waals surface area contributed by atoms with Crippen LogP contribution in [-0.2, 0) is 4.74 Å². The molecule has 1 saturated heterocycles. The Hall–Kier alpha value is -0.120. The van der Waals surface area contributed by atoms with E-state index >= 15 is 0 Å². The van der Waals surface area contributed by atoms with E-state index in [1.807, 2.05) is 0 Å². The van der Waals surface area contributed by atoms with Crippen molar-refractivity contribution in [1.82, 2.24) is 10.2 Å². The summed E-state index contributed by atoms with van der Waals surface area (Å²) in [5, 5.41) is 3.86. The van der Waals surface area contributed by atoms with Crippen LogP contribution in [0.4, 0.5) is 0 Å². The van der Waals surface area contributed by atoms with Crippen molar-refractivity contribution in [3.05, 3.63) is 0 Å². The number of hydrogen-bond donors (Lipinski definition) is 1. The molecule has 0 aromatic rings. The molecule has 2 fully saturated rings. The highest BCUT2D eigenvalue weighted by Crippen LogP contribution is 2.37. The summed E-state index contributed by atoms with van der Waals surface area (Å²) in [5.41, 5.74) is 0.747. The fraction of sp³-hybridized carbons (Fsp3) is 1.00. The second-order valence-electron chi connectivity index (χ2n) is 7.73. The molecule has 0 bridgehead atoms. The minimum absolute atomic E-state index is 0.333. The van der Waals surface area contributed by atoms with Gasteiger partial charge in [-0.2, -0.15) is 0 Å². The number of nitrogens with zero attached hydrogens (tertiary/aromatic N) is 1. The quantitative estimate of drug-likeness (QED) is 0.802. The molecule has 1 N–H and O–H groups in total. The molecule has 0 radical (unpaired) electrons. The van der Waals surface area contributed by atoms with Crippen molar-refractivity contribution < 1.29 is 4.74 Å². The fourth-order valence-electron chi connectivity index (χ4n) is 3.83. The lowest BCUT2D eigenvalue weighted by Gasteiger charge is -2.54. The van der Waals surface area contributed by atoms with Crippen molar-refractivity contribution in [3.63, 3.8) is 0 Å². The molecule has 0 aromatic heterocycles. The third-order valence-corrected chi connectivity index (χ3v) is 5.29. The molecule has 3 nitrogen and oxygen atoms in total. The first-order valence-corrected chi connectivity index (χ1v) is 8.54. The Bertz CT molecular complexity index is 292. The Kier molecular flexibility index (Phi) is 5.49. The lowest BCUT2D eigenvalue weighted by Crippen LogP contribution is -2.67. The van der Waals surface area contributed by atoms with Gasteiger partial charge in [-0.3, -0.25) is 4.90 Å². The Balaban J connectivity index is 2.03. The number of hydrogen-bond acceptors (Lipinski definition) is 3. The van der Waals surface area contributed by atoms with Crippen LogP contribution in [0.3, 0.4) is 0 Å². The minimum Gasteiger partial charge on any atom is -0.380 e. The van der Waals surface area contributed by atoms with Crippen molar-refractivity contribution in [3.8, 4) is 0 Å². The SMILES string of the molecule is CCOCCN1CC(C(C)(C)C)NCC12CCCCC2. The predicted molar refractivity (Wildman–Crippen MR) is 85.1 cm³/mol.